The zero-order valence-electron chi connectivity index (χ0n) is 16.6. The Balaban J connectivity index is 1.63. The van der Waals surface area contributed by atoms with Gasteiger partial charge in [0.1, 0.15) is 0 Å². The van der Waals surface area contributed by atoms with E-state index in [2.05, 4.69) is 15.6 Å². The SMILES string of the molecule is CCc1ccccc1NC(=O)c1nc(C(=O)NC2CCCCC2)c2ccccn12. The summed E-state index contributed by atoms with van der Waals surface area (Å²) in [5.41, 5.74) is 2.75. The Morgan fingerprint density at radius 2 is 1.79 bits per heavy atom. The molecule has 2 aromatic heterocycles. The van der Waals surface area contributed by atoms with Crippen molar-refractivity contribution in [2.75, 3.05) is 5.32 Å². The lowest BCUT2D eigenvalue weighted by molar-refractivity contribution is 0.0925. The Bertz CT molecular complexity index is 1030. The Morgan fingerprint density at radius 3 is 2.59 bits per heavy atom. The van der Waals surface area contributed by atoms with Gasteiger partial charge in [0.05, 0.1) is 5.52 Å². The van der Waals surface area contributed by atoms with E-state index >= 15 is 0 Å². The van der Waals surface area contributed by atoms with Crippen molar-refractivity contribution < 1.29 is 9.59 Å². The minimum atomic E-state index is -0.330. The third kappa shape index (κ3) is 4.01. The van der Waals surface area contributed by atoms with Crippen molar-refractivity contribution >= 4 is 23.0 Å². The van der Waals surface area contributed by atoms with Crippen LogP contribution in [-0.2, 0) is 6.42 Å². The molecule has 4 rings (SSSR count). The maximum absolute atomic E-state index is 13.0. The molecule has 1 aliphatic carbocycles. The second kappa shape index (κ2) is 8.47. The predicted molar refractivity (Wildman–Crippen MR) is 113 cm³/mol. The Labute approximate surface area is 170 Å². The number of rotatable bonds is 5. The molecule has 2 heterocycles. The molecule has 0 atom stereocenters. The summed E-state index contributed by atoms with van der Waals surface area (Å²) >= 11 is 0. The molecule has 2 N–H and O–H groups in total. The smallest absolute Gasteiger partial charge is 0.292 e. The number of imidazole rings is 1. The molecular weight excluding hydrogens is 364 g/mol. The number of pyridine rings is 1. The quantitative estimate of drug-likeness (QED) is 0.685. The van der Waals surface area contributed by atoms with E-state index in [1.165, 1.54) is 6.42 Å². The number of benzene rings is 1. The molecule has 6 heteroatoms. The van der Waals surface area contributed by atoms with Gasteiger partial charge in [0.15, 0.2) is 5.69 Å². The number of carbonyl (C=O) groups is 2. The predicted octanol–water partition coefficient (Wildman–Crippen LogP) is 4.21. The largest absolute Gasteiger partial charge is 0.348 e. The van der Waals surface area contributed by atoms with Crippen LogP contribution in [0.1, 0.15) is 65.7 Å². The number of anilines is 1. The minimum Gasteiger partial charge on any atom is -0.348 e. The number of fused-ring (bicyclic) bond motifs is 1. The van der Waals surface area contributed by atoms with Gasteiger partial charge >= 0.3 is 0 Å². The van der Waals surface area contributed by atoms with Crippen molar-refractivity contribution in [1.82, 2.24) is 14.7 Å². The van der Waals surface area contributed by atoms with Gasteiger partial charge in [-0.2, -0.15) is 0 Å². The normalized spacial score (nSPS) is 14.7. The lowest BCUT2D eigenvalue weighted by atomic mass is 9.95. The number of para-hydroxylation sites is 1. The molecule has 0 bridgehead atoms. The molecular formula is C23H26N4O2. The van der Waals surface area contributed by atoms with Crippen molar-refractivity contribution in [3.05, 3.63) is 65.7 Å². The summed E-state index contributed by atoms with van der Waals surface area (Å²) in [6, 6.07) is 13.4. The monoisotopic (exact) mass is 390 g/mol. The van der Waals surface area contributed by atoms with Crippen LogP contribution in [0.5, 0.6) is 0 Å². The van der Waals surface area contributed by atoms with Crippen LogP contribution in [0.3, 0.4) is 0 Å². The second-order valence-electron chi connectivity index (χ2n) is 7.51. The van der Waals surface area contributed by atoms with E-state index in [-0.39, 0.29) is 23.7 Å². The number of aryl methyl sites for hydroxylation is 1. The number of nitrogens with one attached hydrogen (secondary N) is 2. The van der Waals surface area contributed by atoms with Gasteiger partial charge in [0, 0.05) is 17.9 Å². The Morgan fingerprint density at radius 1 is 1.03 bits per heavy atom. The lowest BCUT2D eigenvalue weighted by Gasteiger charge is -2.22. The van der Waals surface area contributed by atoms with Gasteiger partial charge in [-0.15, -0.1) is 0 Å². The summed E-state index contributed by atoms with van der Waals surface area (Å²) in [5, 5.41) is 6.05. The van der Waals surface area contributed by atoms with Crippen molar-refractivity contribution in [3.8, 4) is 0 Å². The minimum absolute atomic E-state index is 0.186. The highest BCUT2D eigenvalue weighted by atomic mass is 16.2. The van der Waals surface area contributed by atoms with Crippen LogP contribution < -0.4 is 10.6 Å². The lowest BCUT2D eigenvalue weighted by Crippen LogP contribution is -2.36. The van der Waals surface area contributed by atoms with E-state index in [1.807, 2.05) is 49.4 Å². The van der Waals surface area contributed by atoms with Crippen molar-refractivity contribution in [3.63, 3.8) is 0 Å². The molecule has 0 saturated heterocycles. The molecule has 0 unspecified atom stereocenters. The second-order valence-corrected chi connectivity index (χ2v) is 7.51. The van der Waals surface area contributed by atoms with Crippen molar-refractivity contribution in [2.45, 2.75) is 51.5 Å². The summed E-state index contributed by atoms with van der Waals surface area (Å²) in [7, 11) is 0. The highest BCUT2D eigenvalue weighted by molar-refractivity contribution is 6.06. The first-order valence-corrected chi connectivity index (χ1v) is 10.3. The molecule has 2 amide bonds. The van der Waals surface area contributed by atoms with Crippen LogP contribution in [-0.4, -0.2) is 27.2 Å². The maximum atomic E-state index is 13.0. The van der Waals surface area contributed by atoms with E-state index in [0.29, 0.717) is 11.2 Å². The molecule has 1 aliphatic rings. The van der Waals surface area contributed by atoms with Crippen molar-refractivity contribution in [2.24, 2.45) is 0 Å². The number of hydrogen-bond acceptors (Lipinski definition) is 3. The van der Waals surface area contributed by atoms with Gasteiger partial charge in [-0.3, -0.25) is 14.0 Å². The molecule has 0 spiro atoms. The Kier molecular flexibility index (Phi) is 5.60. The molecule has 1 saturated carbocycles. The molecule has 0 aliphatic heterocycles. The zero-order valence-corrected chi connectivity index (χ0v) is 16.6. The molecule has 1 aromatic carbocycles. The number of carbonyl (C=O) groups excluding carboxylic acids is 2. The van der Waals surface area contributed by atoms with E-state index in [0.717, 1.165) is 43.4 Å². The average molecular weight is 390 g/mol. The number of hydrogen-bond donors (Lipinski definition) is 2. The van der Waals surface area contributed by atoms with Crippen LogP contribution in [0.15, 0.2) is 48.7 Å². The topological polar surface area (TPSA) is 75.5 Å². The van der Waals surface area contributed by atoms with E-state index in [4.69, 9.17) is 0 Å². The van der Waals surface area contributed by atoms with Crippen LogP contribution in [0.2, 0.25) is 0 Å². The van der Waals surface area contributed by atoms with Crippen molar-refractivity contribution in [1.29, 1.82) is 0 Å². The Hall–Kier alpha value is -3.15. The summed E-state index contributed by atoms with van der Waals surface area (Å²) in [5.74, 6) is -0.335. The molecule has 1 fully saturated rings. The van der Waals surface area contributed by atoms with Gasteiger partial charge in [0.2, 0.25) is 5.82 Å². The molecule has 3 aromatic rings. The van der Waals surface area contributed by atoms with E-state index in [9.17, 15) is 9.59 Å². The molecule has 0 radical (unpaired) electrons. The van der Waals surface area contributed by atoms with Gasteiger partial charge in [0.25, 0.3) is 11.8 Å². The number of amides is 2. The van der Waals surface area contributed by atoms with Crippen LogP contribution in [0.25, 0.3) is 5.52 Å². The first kappa shape index (κ1) is 19.2. The van der Waals surface area contributed by atoms with E-state index < -0.39 is 0 Å². The molecule has 29 heavy (non-hydrogen) atoms. The van der Waals surface area contributed by atoms with Gasteiger partial charge in [-0.05, 0) is 43.0 Å². The maximum Gasteiger partial charge on any atom is 0.292 e. The first-order chi connectivity index (χ1) is 14.2. The highest BCUT2D eigenvalue weighted by Gasteiger charge is 2.24. The third-order valence-corrected chi connectivity index (χ3v) is 5.55. The number of aromatic nitrogens is 2. The number of nitrogens with zero attached hydrogens (tertiary/aromatic N) is 2. The summed E-state index contributed by atoms with van der Waals surface area (Å²) in [6.07, 6.45) is 8.08. The fraction of sp³-hybridized carbons (Fsp3) is 0.348. The third-order valence-electron chi connectivity index (χ3n) is 5.55. The van der Waals surface area contributed by atoms with Crippen LogP contribution in [0.4, 0.5) is 5.69 Å². The molecule has 150 valence electrons. The first-order valence-electron chi connectivity index (χ1n) is 10.3. The van der Waals surface area contributed by atoms with E-state index in [1.54, 1.807) is 10.6 Å². The molecule has 6 nitrogen and oxygen atoms in total. The standard InChI is InChI=1S/C23H26N4O2/c1-2-16-10-6-7-13-18(16)25-23(29)21-26-20(19-14-8-9-15-27(19)21)22(28)24-17-11-4-3-5-12-17/h6-10,13-15,17H,2-5,11-12H2,1H3,(H,24,28)(H,25,29). The summed E-state index contributed by atoms with van der Waals surface area (Å²) in [4.78, 5) is 30.3. The van der Waals surface area contributed by atoms with Gasteiger partial charge in [-0.25, -0.2) is 4.98 Å². The fourth-order valence-electron chi connectivity index (χ4n) is 3.99. The van der Waals surface area contributed by atoms with Crippen LogP contribution in [0, 0.1) is 0 Å². The average Bonchev–Trinajstić information content (AvgIpc) is 3.15. The fourth-order valence-corrected chi connectivity index (χ4v) is 3.99. The van der Waals surface area contributed by atoms with Crippen LogP contribution >= 0.6 is 0 Å². The van der Waals surface area contributed by atoms with Gasteiger partial charge < -0.3 is 10.6 Å². The van der Waals surface area contributed by atoms with Gasteiger partial charge in [-0.1, -0.05) is 50.5 Å². The summed E-state index contributed by atoms with van der Waals surface area (Å²) < 4.78 is 1.68. The summed E-state index contributed by atoms with van der Waals surface area (Å²) in [6.45, 7) is 2.05. The zero-order chi connectivity index (χ0) is 20.2. The highest BCUT2D eigenvalue weighted by Crippen LogP contribution is 2.20.